The van der Waals surface area contributed by atoms with Crippen LogP contribution in [0, 0.1) is 5.41 Å². The molecule has 0 aliphatic carbocycles. The third kappa shape index (κ3) is 5.80. The first-order valence-electron chi connectivity index (χ1n) is 11.9. The average molecular weight is 506 g/mol. The molecular weight excluding hydrogens is 474 g/mol. The van der Waals surface area contributed by atoms with E-state index in [1.807, 2.05) is 58.9 Å². The standard InChI is InChI=1S/C27H31N5O3S/c1-4-35-27(33)24-18-23(25(19(2)28)26(30-24)29-21-8-6-5-7-9-21)20-10-12-22(13-11-20)31-14-16-32(17-15-31)36(3)34/h5-13,18,28H,4,14-17H2,1-3H3,(H,29,30). The van der Waals surface area contributed by atoms with Crippen LogP contribution in [-0.2, 0) is 15.7 Å². The van der Waals surface area contributed by atoms with Gasteiger partial charge in [0.1, 0.15) is 5.82 Å². The summed E-state index contributed by atoms with van der Waals surface area (Å²) in [5, 5.41) is 11.8. The molecule has 1 aromatic heterocycles. The molecule has 1 aliphatic heterocycles. The summed E-state index contributed by atoms with van der Waals surface area (Å²) in [4.78, 5) is 19.5. The second kappa shape index (κ2) is 11.5. The molecule has 4 rings (SSSR count). The van der Waals surface area contributed by atoms with Gasteiger partial charge in [-0.05, 0) is 55.3 Å². The Balaban J connectivity index is 1.71. The van der Waals surface area contributed by atoms with E-state index in [-0.39, 0.29) is 12.3 Å². The number of benzene rings is 2. The predicted molar refractivity (Wildman–Crippen MR) is 146 cm³/mol. The van der Waals surface area contributed by atoms with Crippen LogP contribution in [0.1, 0.15) is 29.9 Å². The minimum atomic E-state index is -0.947. The van der Waals surface area contributed by atoms with Gasteiger partial charge in [-0.15, -0.1) is 0 Å². The molecule has 1 atom stereocenters. The Morgan fingerprint density at radius 2 is 1.75 bits per heavy atom. The highest BCUT2D eigenvalue weighted by molar-refractivity contribution is 7.81. The molecule has 2 heterocycles. The number of carbonyl (C=O) groups excluding carboxylic acids is 1. The Morgan fingerprint density at radius 3 is 2.33 bits per heavy atom. The van der Waals surface area contributed by atoms with Gasteiger partial charge in [-0.2, -0.15) is 0 Å². The molecule has 0 radical (unpaired) electrons. The van der Waals surface area contributed by atoms with E-state index in [2.05, 4.69) is 15.2 Å². The monoisotopic (exact) mass is 505 g/mol. The van der Waals surface area contributed by atoms with Crippen molar-refractivity contribution in [3.05, 3.63) is 71.9 Å². The number of hydrogen-bond donors (Lipinski definition) is 2. The van der Waals surface area contributed by atoms with Crippen molar-refractivity contribution in [3.63, 3.8) is 0 Å². The van der Waals surface area contributed by atoms with Crippen LogP contribution in [0.15, 0.2) is 60.7 Å². The second-order valence-corrected chi connectivity index (χ2v) is 9.87. The van der Waals surface area contributed by atoms with E-state index < -0.39 is 17.0 Å². The fraction of sp³-hybridized carbons (Fsp3) is 0.296. The Morgan fingerprint density at radius 1 is 1.08 bits per heavy atom. The van der Waals surface area contributed by atoms with Gasteiger partial charge in [-0.1, -0.05) is 30.3 Å². The SMILES string of the molecule is CCOC(=O)c1cc(-c2ccc(N3CCN(S(C)=O)CC3)cc2)c(C(C)=N)c(Nc2ccccc2)n1. The van der Waals surface area contributed by atoms with Crippen molar-refractivity contribution in [3.8, 4) is 11.1 Å². The fourth-order valence-corrected chi connectivity index (χ4v) is 4.94. The van der Waals surface area contributed by atoms with E-state index in [0.29, 0.717) is 17.1 Å². The van der Waals surface area contributed by atoms with Crippen LogP contribution in [0.3, 0.4) is 0 Å². The highest BCUT2D eigenvalue weighted by atomic mass is 32.2. The van der Waals surface area contributed by atoms with Crippen LogP contribution >= 0.6 is 0 Å². The van der Waals surface area contributed by atoms with Gasteiger partial charge < -0.3 is 20.4 Å². The van der Waals surface area contributed by atoms with Crippen molar-refractivity contribution in [2.24, 2.45) is 0 Å². The van der Waals surface area contributed by atoms with E-state index >= 15 is 0 Å². The molecule has 1 fully saturated rings. The van der Waals surface area contributed by atoms with Crippen LogP contribution < -0.4 is 10.2 Å². The summed E-state index contributed by atoms with van der Waals surface area (Å²) >= 11 is 0. The zero-order valence-corrected chi connectivity index (χ0v) is 21.6. The van der Waals surface area contributed by atoms with Crippen LogP contribution in [-0.4, -0.2) is 64.2 Å². The predicted octanol–water partition coefficient (Wildman–Crippen LogP) is 4.47. The molecule has 3 aromatic rings. The fourth-order valence-electron chi connectivity index (χ4n) is 4.27. The zero-order chi connectivity index (χ0) is 25.7. The molecule has 2 aromatic carbocycles. The lowest BCUT2D eigenvalue weighted by Gasteiger charge is -2.34. The summed E-state index contributed by atoms with van der Waals surface area (Å²) in [5.41, 5.74) is 4.63. The number of hydrogen-bond acceptors (Lipinski definition) is 7. The van der Waals surface area contributed by atoms with Crippen LogP contribution in [0.25, 0.3) is 11.1 Å². The molecule has 1 saturated heterocycles. The van der Waals surface area contributed by atoms with E-state index in [0.717, 1.165) is 48.7 Å². The van der Waals surface area contributed by atoms with Crippen LogP contribution in [0.4, 0.5) is 17.2 Å². The summed E-state index contributed by atoms with van der Waals surface area (Å²) in [6.07, 6.45) is 1.72. The first-order chi connectivity index (χ1) is 17.4. The topological polar surface area (TPSA) is 98.6 Å². The van der Waals surface area contributed by atoms with E-state index in [1.165, 1.54) is 0 Å². The smallest absolute Gasteiger partial charge is 0.357 e. The largest absolute Gasteiger partial charge is 0.461 e. The number of pyridine rings is 1. The number of ether oxygens (including phenoxy) is 1. The van der Waals surface area contributed by atoms with E-state index in [1.54, 1.807) is 26.2 Å². The van der Waals surface area contributed by atoms with Crippen molar-refractivity contribution >= 4 is 39.9 Å². The molecule has 0 amide bonds. The highest BCUT2D eigenvalue weighted by Crippen LogP contribution is 2.33. The van der Waals surface area contributed by atoms with Crippen molar-refractivity contribution in [1.29, 1.82) is 5.41 Å². The number of carbonyl (C=O) groups is 1. The van der Waals surface area contributed by atoms with Gasteiger partial charge in [-0.3, -0.25) is 0 Å². The third-order valence-corrected chi connectivity index (χ3v) is 7.15. The Hall–Kier alpha value is -3.56. The lowest BCUT2D eigenvalue weighted by molar-refractivity contribution is 0.0519. The Kier molecular flexibility index (Phi) is 8.12. The number of para-hydroxylation sites is 1. The number of aromatic nitrogens is 1. The highest BCUT2D eigenvalue weighted by Gasteiger charge is 2.22. The van der Waals surface area contributed by atoms with Crippen molar-refractivity contribution in [1.82, 2.24) is 9.29 Å². The lowest BCUT2D eigenvalue weighted by Crippen LogP contribution is -2.46. The van der Waals surface area contributed by atoms with Gasteiger partial charge in [0.2, 0.25) is 0 Å². The molecule has 1 aliphatic rings. The van der Waals surface area contributed by atoms with Crippen molar-refractivity contribution in [2.45, 2.75) is 13.8 Å². The normalized spacial score (nSPS) is 14.8. The van der Waals surface area contributed by atoms with Crippen molar-refractivity contribution < 1.29 is 13.7 Å². The molecular formula is C27H31N5O3S. The minimum absolute atomic E-state index is 0.183. The van der Waals surface area contributed by atoms with Crippen LogP contribution in [0.5, 0.6) is 0 Å². The molecule has 0 bridgehead atoms. The van der Waals surface area contributed by atoms with Gasteiger partial charge in [0.05, 0.1) is 17.6 Å². The molecule has 0 spiro atoms. The number of piperazine rings is 1. The first-order valence-corrected chi connectivity index (χ1v) is 13.4. The maximum absolute atomic E-state index is 12.7. The van der Waals surface area contributed by atoms with Gasteiger partial charge in [0, 0.05) is 55.1 Å². The zero-order valence-electron chi connectivity index (χ0n) is 20.8. The maximum Gasteiger partial charge on any atom is 0.357 e. The van der Waals surface area contributed by atoms with E-state index in [9.17, 15) is 9.00 Å². The van der Waals surface area contributed by atoms with Gasteiger partial charge in [-0.25, -0.2) is 18.3 Å². The third-order valence-electron chi connectivity index (χ3n) is 6.06. The molecule has 1 unspecified atom stereocenters. The first kappa shape index (κ1) is 25.5. The van der Waals surface area contributed by atoms with Gasteiger partial charge >= 0.3 is 5.97 Å². The second-order valence-electron chi connectivity index (χ2n) is 8.50. The summed E-state index contributed by atoms with van der Waals surface area (Å²) in [6.45, 7) is 6.83. The quantitative estimate of drug-likeness (QED) is 0.346. The van der Waals surface area contributed by atoms with Gasteiger partial charge in [0.15, 0.2) is 5.69 Å². The van der Waals surface area contributed by atoms with Crippen LogP contribution in [0.2, 0.25) is 0 Å². The summed E-state index contributed by atoms with van der Waals surface area (Å²) in [7, 11) is -0.947. The summed E-state index contributed by atoms with van der Waals surface area (Å²) < 4.78 is 19.0. The van der Waals surface area contributed by atoms with Gasteiger partial charge in [0.25, 0.3) is 0 Å². The summed E-state index contributed by atoms with van der Waals surface area (Å²) in [5.74, 6) is -0.0751. The molecule has 188 valence electrons. The number of esters is 1. The molecule has 9 heteroatoms. The Bertz CT molecular complexity index is 1260. The number of rotatable bonds is 8. The Labute approximate surface area is 214 Å². The molecule has 2 N–H and O–H groups in total. The lowest BCUT2D eigenvalue weighted by atomic mass is 9.96. The minimum Gasteiger partial charge on any atom is -0.461 e. The van der Waals surface area contributed by atoms with E-state index in [4.69, 9.17) is 10.1 Å². The number of anilines is 3. The molecule has 36 heavy (non-hydrogen) atoms. The van der Waals surface area contributed by atoms with Crippen molar-refractivity contribution in [2.75, 3.05) is 49.3 Å². The molecule has 0 saturated carbocycles. The molecule has 8 nitrogen and oxygen atoms in total. The maximum atomic E-state index is 12.7. The summed E-state index contributed by atoms with van der Waals surface area (Å²) in [6, 6.07) is 19.4. The number of nitrogens with one attached hydrogen (secondary N) is 2. The number of nitrogens with zero attached hydrogens (tertiary/aromatic N) is 3. The average Bonchev–Trinajstić information content (AvgIpc) is 2.89.